The van der Waals surface area contributed by atoms with E-state index in [1.54, 1.807) is 0 Å². The summed E-state index contributed by atoms with van der Waals surface area (Å²) < 4.78 is 0. The van der Waals surface area contributed by atoms with Gasteiger partial charge in [0.05, 0.1) is 11.3 Å². The Morgan fingerprint density at radius 1 is 1.12 bits per heavy atom. The summed E-state index contributed by atoms with van der Waals surface area (Å²) in [6.07, 6.45) is 0.902. The minimum absolute atomic E-state index is 0.00804. The van der Waals surface area contributed by atoms with Gasteiger partial charge in [-0.15, -0.1) is 0 Å². The van der Waals surface area contributed by atoms with E-state index in [-0.39, 0.29) is 5.91 Å². The molecule has 0 aliphatic heterocycles. The Morgan fingerprint density at radius 2 is 1.88 bits per heavy atom. The lowest BCUT2D eigenvalue weighted by Gasteiger charge is -2.10. The Hall–Kier alpha value is -2.33. The second-order valence-electron chi connectivity index (χ2n) is 5.65. The number of carbonyl (C=O) groups is 1. The number of carbonyl (C=O) groups excluding carboxylic acids is 1. The van der Waals surface area contributed by atoms with E-state index in [1.807, 2.05) is 49.4 Å². The standard InChI is InChI=1S/C20H20N2OS/c1-3-15-12-16-9-5-7-11-18(16)22-20(15)24-13-19(23)21-17-10-6-4-8-14(17)2/h4-12H,3,13H2,1-2H3,(H,21,23). The minimum atomic E-state index is -0.00804. The topological polar surface area (TPSA) is 42.0 Å². The lowest BCUT2D eigenvalue weighted by Crippen LogP contribution is -2.15. The molecule has 1 aromatic heterocycles. The number of rotatable bonds is 5. The molecule has 0 fully saturated rings. The molecule has 0 aliphatic carbocycles. The van der Waals surface area contributed by atoms with E-state index in [4.69, 9.17) is 4.98 Å². The third-order valence-electron chi connectivity index (χ3n) is 3.90. The van der Waals surface area contributed by atoms with Crippen molar-refractivity contribution in [3.05, 3.63) is 65.7 Å². The van der Waals surface area contributed by atoms with Crippen molar-refractivity contribution in [3.8, 4) is 0 Å². The van der Waals surface area contributed by atoms with Crippen molar-refractivity contribution in [2.24, 2.45) is 0 Å². The molecule has 4 heteroatoms. The fourth-order valence-electron chi connectivity index (χ4n) is 2.55. The van der Waals surface area contributed by atoms with E-state index < -0.39 is 0 Å². The van der Waals surface area contributed by atoms with Gasteiger partial charge in [0.1, 0.15) is 5.03 Å². The average molecular weight is 336 g/mol. The number of para-hydroxylation sites is 2. The number of nitrogens with one attached hydrogen (secondary N) is 1. The van der Waals surface area contributed by atoms with Gasteiger partial charge in [0.15, 0.2) is 0 Å². The molecule has 1 amide bonds. The molecule has 1 heterocycles. The number of nitrogens with zero attached hydrogens (tertiary/aromatic N) is 1. The van der Waals surface area contributed by atoms with Gasteiger partial charge in [-0.25, -0.2) is 4.98 Å². The summed E-state index contributed by atoms with van der Waals surface area (Å²) in [4.78, 5) is 17.0. The molecule has 24 heavy (non-hydrogen) atoms. The Bertz CT molecular complexity index is 876. The van der Waals surface area contributed by atoms with Crippen LogP contribution in [0.25, 0.3) is 10.9 Å². The SMILES string of the molecule is CCc1cc2ccccc2nc1SCC(=O)Nc1ccccc1C. The van der Waals surface area contributed by atoms with Gasteiger partial charge in [-0.2, -0.15) is 0 Å². The van der Waals surface area contributed by atoms with Crippen LogP contribution in [0.1, 0.15) is 18.1 Å². The van der Waals surface area contributed by atoms with E-state index in [0.717, 1.165) is 33.6 Å². The van der Waals surface area contributed by atoms with Crippen LogP contribution in [0.4, 0.5) is 5.69 Å². The molecule has 0 unspecified atom stereocenters. The molecule has 3 aromatic rings. The number of thioether (sulfide) groups is 1. The molecule has 0 spiro atoms. The first-order valence-corrected chi connectivity index (χ1v) is 9.03. The second-order valence-corrected chi connectivity index (χ2v) is 6.61. The highest BCUT2D eigenvalue weighted by molar-refractivity contribution is 8.00. The molecular formula is C20H20N2OS. The zero-order chi connectivity index (χ0) is 16.9. The maximum atomic E-state index is 12.2. The Labute approximate surface area is 146 Å². The molecule has 2 aromatic carbocycles. The van der Waals surface area contributed by atoms with Gasteiger partial charge in [0, 0.05) is 11.1 Å². The van der Waals surface area contributed by atoms with E-state index in [1.165, 1.54) is 17.3 Å². The molecular weight excluding hydrogens is 316 g/mol. The number of hydrogen-bond donors (Lipinski definition) is 1. The molecule has 0 atom stereocenters. The monoisotopic (exact) mass is 336 g/mol. The van der Waals surface area contributed by atoms with Crippen molar-refractivity contribution in [3.63, 3.8) is 0 Å². The summed E-state index contributed by atoms with van der Waals surface area (Å²) in [5, 5.41) is 5.05. The van der Waals surface area contributed by atoms with Crippen molar-refractivity contribution in [2.45, 2.75) is 25.3 Å². The second kappa shape index (κ2) is 7.49. The van der Waals surface area contributed by atoms with Gasteiger partial charge in [-0.05, 0) is 42.7 Å². The van der Waals surface area contributed by atoms with Gasteiger partial charge in [0.2, 0.25) is 5.91 Å². The highest BCUT2D eigenvalue weighted by atomic mass is 32.2. The summed E-state index contributed by atoms with van der Waals surface area (Å²) in [5.74, 6) is 0.346. The van der Waals surface area contributed by atoms with Crippen molar-refractivity contribution >= 4 is 34.3 Å². The van der Waals surface area contributed by atoms with Crippen LogP contribution >= 0.6 is 11.8 Å². The Balaban J connectivity index is 1.73. The minimum Gasteiger partial charge on any atom is -0.325 e. The fourth-order valence-corrected chi connectivity index (χ4v) is 3.45. The molecule has 0 aliphatic rings. The van der Waals surface area contributed by atoms with E-state index >= 15 is 0 Å². The highest BCUT2D eigenvalue weighted by Gasteiger charge is 2.10. The van der Waals surface area contributed by atoms with Crippen molar-refractivity contribution in [2.75, 3.05) is 11.1 Å². The zero-order valence-electron chi connectivity index (χ0n) is 13.9. The fraction of sp³-hybridized carbons (Fsp3) is 0.200. The van der Waals surface area contributed by atoms with E-state index in [9.17, 15) is 4.79 Å². The molecule has 122 valence electrons. The summed E-state index contributed by atoms with van der Waals surface area (Å²) in [6.45, 7) is 4.10. The summed E-state index contributed by atoms with van der Waals surface area (Å²) >= 11 is 1.50. The van der Waals surface area contributed by atoms with Crippen LogP contribution in [0.3, 0.4) is 0 Å². The van der Waals surface area contributed by atoms with Crippen LogP contribution < -0.4 is 5.32 Å². The number of aryl methyl sites for hydroxylation is 2. The van der Waals surface area contributed by atoms with Crippen LogP contribution in [0.2, 0.25) is 0 Å². The lowest BCUT2D eigenvalue weighted by molar-refractivity contribution is -0.113. The quantitative estimate of drug-likeness (QED) is 0.678. The molecule has 0 saturated heterocycles. The van der Waals surface area contributed by atoms with Crippen molar-refractivity contribution < 1.29 is 4.79 Å². The molecule has 3 nitrogen and oxygen atoms in total. The maximum absolute atomic E-state index is 12.2. The third-order valence-corrected chi connectivity index (χ3v) is 4.94. The van der Waals surface area contributed by atoms with Crippen molar-refractivity contribution in [1.29, 1.82) is 0 Å². The Kier molecular flexibility index (Phi) is 5.16. The number of amides is 1. The largest absolute Gasteiger partial charge is 0.325 e. The van der Waals surface area contributed by atoms with Gasteiger partial charge in [-0.3, -0.25) is 4.79 Å². The van der Waals surface area contributed by atoms with Gasteiger partial charge in [0.25, 0.3) is 0 Å². The first kappa shape index (κ1) is 16.5. The number of aromatic nitrogens is 1. The molecule has 1 N–H and O–H groups in total. The highest BCUT2D eigenvalue weighted by Crippen LogP contribution is 2.25. The van der Waals surface area contributed by atoms with Crippen LogP contribution in [0, 0.1) is 6.92 Å². The van der Waals surface area contributed by atoms with Crippen LogP contribution in [-0.4, -0.2) is 16.6 Å². The number of fused-ring (bicyclic) bond motifs is 1. The zero-order valence-corrected chi connectivity index (χ0v) is 14.7. The first-order chi connectivity index (χ1) is 11.7. The predicted octanol–water partition coefficient (Wildman–Crippen LogP) is 4.84. The van der Waals surface area contributed by atoms with Gasteiger partial charge < -0.3 is 5.32 Å². The predicted molar refractivity (Wildman–Crippen MR) is 102 cm³/mol. The number of hydrogen-bond acceptors (Lipinski definition) is 3. The third kappa shape index (κ3) is 3.77. The van der Waals surface area contributed by atoms with E-state index in [0.29, 0.717) is 5.75 Å². The number of anilines is 1. The average Bonchev–Trinajstić information content (AvgIpc) is 2.61. The molecule has 3 rings (SSSR count). The van der Waals surface area contributed by atoms with Crippen LogP contribution in [-0.2, 0) is 11.2 Å². The van der Waals surface area contributed by atoms with Gasteiger partial charge in [-0.1, -0.05) is 55.1 Å². The molecule has 0 saturated carbocycles. The summed E-state index contributed by atoms with van der Waals surface area (Å²) in [7, 11) is 0. The summed E-state index contributed by atoms with van der Waals surface area (Å²) in [5.41, 5.74) is 4.08. The number of benzene rings is 2. The van der Waals surface area contributed by atoms with Crippen LogP contribution in [0.5, 0.6) is 0 Å². The summed E-state index contributed by atoms with van der Waals surface area (Å²) in [6, 6.07) is 18.1. The van der Waals surface area contributed by atoms with Crippen LogP contribution in [0.15, 0.2) is 59.6 Å². The smallest absolute Gasteiger partial charge is 0.234 e. The molecule has 0 bridgehead atoms. The van der Waals surface area contributed by atoms with Crippen molar-refractivity contribution in [1.82, 2.24) is 4.98 Å². The van der Waals surface area contributed by atoms with Gasteiger partial charge >= 0.3 is 0 Å². The Morgan fingerprint density at radius 3 is 2.67 bits per heavy atom. The molecule has 0 radical (unpaired) electrons. The normalized spacial score (nSPS) is 10.8. The van der Waals surface area contributed by atoms with E-state index in [2.05, 4.69) is 24.4 Å². The number of pyridine rings is 1. The maximum Gasteiger partial charge on any atom is 0.234 e. The lowest BCUT2D eigenvalue weighted by atomic mass is 10.1. The first-order valence-electron chi connectivity index (χ1n) is 8.04.